The molecule has 2 N–H and O–H groups in total. The van der Waals surface area contributed by atoms with Gasteiger partial charge in [-0.25, -0.2) is 0 Å². The first-order valence-electron chi connectivity index (χ1n) is 6.01. The van der Waals surface area contributed by atoms with Gasteiger partial charge < -0.3 is 5.73 Å². The Morgan fingerprint density at radius 1 is 0.833 bits per heavy atom. The minimum absolute atomic E-state index is 0.0212. The number of hydrogen-bond acceptors (Lipinski definition) is 3. The SMILES string of the molecule is Nc1ccccc1C1(c2ccccc2)SCCS1. The van der Waals surface area contributed by atoms with Gasteiger partial charge in [0.1, 0.15) is 4.08 Å². The molecule has 0 atom stereocenters. The third-order valence-electron chi connectivity index (χ3n) is 3.16. The molecule has 0 aliphatic carbocycles. The molecule has 2 aromatic rings. The summed E-state index contributed by atoms with van der Waals surface area (Å²) in [5.41, 5.74) is 9.67. The molecule has 0 saturated carbocycles. The zero-order valence-electron chi connectivity index (χ0n) is 10.0. The van der Waals surface area contributed by atoms with E-state index >= 15 is 0 Å². The van der Waals surface area contributed by atoms with Crippen LogP contribution in [0.1, 0.15) is 11.1 Å². The van der Waals surface area contributed by atoms with Crippen molar-refractivity contribution in [2.75, 3.05) is 17.2 Å². The topological polar surface area (TPSA) is 26.0 Å². The number of rotatable bonds is 2. The van der Waals surface area contributed by atoms with E-state index in [1.807, 2.05) is 35.7 Å². The van der Waals surface area contributed by atoms with Gasteiger partial charge >= 0.3 is 0 Å². The number of hydrogen-bond donors (Lipinski definition) is 1. The van der Waals surface area contributed by atoms with E-state index in [4.69, 9.17) is 5.73 Å². The smallest absolute Gasteiger partial charge is 0.113 e. The Morgan fingerprint density at radius 3 is 2.11 bits per heavy atom. The maximum absolute atomic E-state index is 6.20. The summed E-state index contributed by atoms with van der Waals surface area (Å²) in [6, 6.07) is 18.9. The molecule has 1 aliphatic rings. The van der Waals surface area contributed by atoms with E-state index in [-0.39, 0.29) is 4.08 Å². The van der Waals surface area contributed by atoms with Crippen LogP contribution in [0, 0.1) is 0 Å². The van der Waals surface area contributed by atoms with Gasteiger partial charge in [0.2, 0.25) is 0 Å². The van der Waals surface area contributed by atoms with Crippen molar-refractivity contribution >= 4 is 29.2 Å². The Balaban J connectivity index is 2.16. The fraction of sp³-hybridized carbons (Fsp3) is 0.200. The third-order valence-corrected chi connectivity index (χ3v) is 6.67. The van der Waals surface area contributed by atoms with Gasteiger partial charge in [-0.1, -0.05) is 48.5 Å². The van der Waals surface area contributed by atoms with Gasteiger partial charge in [0, 0.05) is 22.8 Å². The molecule has 0 aromatic heterocycles. The van der Waals surface area contributed by atoms with E-state index in [1.54, 1.807) is 0 Å². The first kappa shape index (κ1) is 12.0. The van der Waals surface area contributed by atoms with Crippen LogP contribution in [0.5, 0.6) is 0 Å². The number of anilines is 1. The Labute approximate surface area is 116 Å². The molecular formula is C15H15NS2. The summed E-state index contributed by atoms with van der Waals surface area (Å²) in [4.78, 5) is 0. The molecule has 0 bridgehead atoms. The molecule has 0 spiro atoms. The summed E-state index contributed by atoms with van der Waals surface area (Å²) in [5.74, 6) is 2.35. The highest BCUT2D eigenvalue weighted by Crippen LogP contribution is 2.57. The second kappa shape index (κ2) is 4.90. The van der Waals surface area contributed by atoms with Crippen LogP contribution >= 0.6 is 23.5 Å². The van der Waals surface area contributed by atoms with E-state index in [0.29, 0.717) is 0 Å². The number of para-hydroxylation sites is 1. The van der Waals surface area contributed by atoms with E-state index in [9.17, 15) is 0 Å². The van der Waals surface area contributed by atoms with Gasteiger partial charge in [-0.2, -0.15) is 0 Å². The van der Waals surface area contributed by atoms with Crippen molar-refractivity contribution in [3.05, 3.63) is 65.7 Å². The molecule has 1 saturated heterocycles. The number of thioether (sulfide) groups is 2. The molecule has 1 aliphatic heterocycles. The standard InChI is InChI=1S/C15H15NS2/c16-14-9-5-4-8-13(14)15(17-10-11-18-15)12-6-2-1-3-7-12/h1-9H,10-11,16H2. The van der Waals surface area contributed by atoms with Crippen molar-refractivity contribution in [3.8, 4) is 0 Å². The average molecular weight is 273 g/mol. The zero-order chi connectivity index (χ0) is 12.4. The van der Waals surface area contributed by atoms with Crippen molar-refractivity contribution in [1.29, 1.82) is 0 Å². The molecule has 2 aromatic carbocycles. The second-order valence-electron chi connectivity index (χ2n) is 4.27. The predicted molar refractivity (Wildman–Crippen MR) is 83.0 cm³/mol. The lowest BCUT2D eigenvalue weighted by molar-refractivity contribution is 1.09. The molecule has 3 heteroatoms. The van der Waals surface area contributed by atoms with E-state index in [2.05, 4.69) is 42.5 Å². The Kier molecular flexibility index (Phi) is 3.27. The quantitative estimate of drug-likeness (QED) is 0.839. The van der Waals surface area contributed by atoms with Gasteiger partial charge in [0.05, 0.1) is 0 Å². The minimum Gasteiger partial charge on any atom is -0.398 e. The number of nitrogens with two attached hydrogens (primary N) is 1. The maximum atomic E-state index is 6.20. The van der Waals surface area contributed by atoms with Gasteiger partial charge in [0.15, 0.2) is 0 Å². The normalized spacial score (nSPS) is 17.8. The van der Waals surface area contributed by atoms with Crippen LogP contribution < -0.4 is 5.73 Å². The summed E-state index contributed by atoms with van der Waals surface area (Å²) < 4.78 is -0.0212. The zero-order valence-corrected chi connectivity index (χ0v) is 11.6. The minimum atomic E-state index is -0.0212. The largest absolute Gasteiger partial charge is 0.398 e. The molecule has 1 heterocycles. The van der Waals surface area contributed by atoms with Crippen LogP contribution in [0.3, 0.4) is 0 Å². The maximum Gasteiger partial charge on any atom is 0.113 e. The highest BCUT2D eigenvalue weighted by Gasteiger charge is 2.40. The molecule has 92 valence electrons. The van der Waals surface area contributed by atoms with Crippen LogP contribution in [0.4, 0.5) is 5.69 Å². The first-order chi connectivity index (χ1) is 8.83. The number of benzene rings is 2. The molecule has 0 unspecified atom stereocenters. The predicted octanol–water partition coefficient (Wildman–Crippen LogP) is 3.95. The second-order valence-corrected chi connectivity index (χ2v) is 7.14. The van der Waals surface area contributed by atoms with Crippen LogP contribution in [0.25, 0.3) is 0 Å². The summed E-state index contributed by atoms with van der Waals surface area (Å²) in [5, 5.41) is 0. The average Bonchev–Trinajstić information content (AvgIpc) is 2.91. The molecule has 18 heavy (non-hydrogen) atoms. The summed E-state index contributed by atoms with van der Waals surface area (Å²) in [7, 11) is 0. The molecule has 0 radical (unpaired) electrons. The fourth-order valence-corrected chi connectivity index (χ4v) is 5.71. The molecule has 1 nitrogen and oxygen atoms in total. The molecule has 0 amide bonds. The lowest BCUT2D eigenvalue weighted by Gasteiger charge is -2.29. The van der Waals surface area contributed by atoms with Crippen LogP contribution in [0.2, 0.25) is 0 Å². The fourth-order valence-electron chi connectivity index (χ4n) is 2.34. The lowest BCUT2D eigenvalue weighted by atomic mass is 10.0. The first-order valence-corrected chi connectivity index (χ1v) is 7.98. The van der Waals surface area contributed by atoms with Crippen molar-refractivity contribution in [1.82, 2.24) is 0 Å². The van der Waals surface area contributed by atoms with Crippen molar-refractivity contribution in [2.24, 2.45) is 0 Å². The van der Waals surface area contributed by atoms with Crippen molar-refractivity contribution in [3.63, 3.8) is 0 Å². The summed E-state index contributed by atoms with van der Waals surface area (Å²) >= 11 is 3.99. The highest BCUT2D eigenvalue weighted by atomic mass is 32.2. The summed E-state index contributed by atoms with van der Waals surface area (Å²) in [6.45, 7) is 0. The third kappa shape index (κ3) is 1.91. The van der Waals surface area contributed by atoms with E-state index < -0.39 is 0 Å². The van der Waals surface area contributed by atoms with Gasteiger partial charge in [-0.05, 0) is 11.6 Å². The van der Waals surface area contributed by atoms with Crippen LogP contribution in [-0.2, 0) is 4.08 Å². The van der Waals surface area contributed by atoms with Gasteiger partial charge in [0.25, 0.3) is 0 Å². The van der Waals surface area contributed by atoms with Crippen LogP contribution in [-0.4, -0.2) is 11.5 Å². The van der Waals surface area contributed by atoms with Gasteiger partial charge in [-0.15, -0.1) is 23.5 Å². The molecular weight excluding hydrogens is 258 g/mol. The Bertz CT molecular complexity index is 533. The molecule has 1 fully saturated rings. The van der Waals surface area contributed by atoms with Gasteiger partial charge in [-0.3, -0.25) is 0 Å². The Hall–Kier alpha value is -1.06. The number of nitrogen functional groups attached to an aromatic ring is 1. The monoisotopic (exact) mass is 273 g/mol. The Morgan fingerprint density at radius 2 is 1.44 bits per heavy atom. The van der Waals surface area contributed by atoms with Crippen LogP contribution in [0.15, 0.2) is 54.6 Å². The van der Waals surface area contributed by atoms with E-state index in [0.717, 1.165) is 5.69 Å². The lowest BCUT2D eigenvalue weighted by Crippen LogP contribution is -2.18. The highest BCUT2D eigenvalue weighted by molar-refractivity contribution is 8.20. The molecule has 3 rings (SSSR count). The van der Waals surface area contributed by atoms with Crippen molar-refractivity contribution < 1.29 is 0 Å². The van der Waals surface area contributed by atoms with E-state index in [1.165, 1.54) is 22.6 Å². The summed E-state index contributed by atoms with van der Waals surface area (Å²) in [6.07, 6.45) is 0. The van der Waals surface area contributed by atoms with Crippen molar-refractivity contribution in [2.45, 2.75) is 4.08 Å².